The number of ether oxygens (including phenoxy) is 1. The fourth-order valence-electron chi connectivity index (χ4n) is 2.88. The Morgan fingerprint density at radius 3 is 2.59 bits per heavy atom. The molecule has 1 heterocycles. The molecule has 0 saturated carbocycles. The van der Waals surface area contributed by atoms with Crippen LogP contribution in [0.5, 0.6) is 0 Å². The molecule has 2 rings (SSSR count). The standard InChI is InChI=1S/C18H27NO3/c1-13(20)15-10-11-19(17(21)22-18(2,3)4)16(12-15)14-8-6-5-7-9-14/h5-9,13,15-16,20H,10-12H2,1-4H3/t13?,15-,16+/m1/s1/i13D. The molecule has 0 aliphatic carbocycles. The van der Waals surface area contributed by atoms with Crippen molar-refractivity contribution in [1.29, 1.82) is 0 Å². The van der Waals surface area contributed by atoms with Crippen molar-refractivity contribution in [2.75, 3.05) is 6.54 Å². The SMILES string of the molecule is [2H]C(C)(O)[C@@H]1CCN(C(=O)OC(C)(C)C)[C@H](c2ccccc2)C1. The molecule has 1 amide bonds. The van der Waals surface area contributed by atoms with Crippen molar-refractivity contribution in [3.8, 4) is 0 Å². The number of carbonyl (C=O) groups excluding carboxylic acids is 1. The molecule has 3 atom stereocenters. The molecule has 1 aliphatic heterocycles. The van der Waals surface area contributed by atoms with E-state index in [2.05, 4.69) is 0 Å². The average Bonchev–Trinajstić information content (AvgIpc) is 2.45. The number of rotatable bonds is 2. The summed E-state index contributed by atoms with van der Waals surface area (Å²) >= 11 is 0. The first kappa shape index (κ1) is 15.3. The Morgan fingerprint density at radius 1 is 1.41 bits per heavy atom. The molecule has 0 spiro atoms. The second-order valence-corrected chi connectivity index (χ2v) is 6.96. The van der Waals surface area contributed by atoms with Crippen LogP contribution in [0.15, 0.2) is 30.3 Å². The largest absolute Gasteiger partial charge is 0.444 e. The number of hydrogen-bond donors (Lipinski definition) is 1. The number of aliphatic hydroxyl groups is 1. The topological polar surface area (TPSA) is 49.8 Å². The summed E-state index contributed by atoms with van der Waals surface area (Å²) in [4.78, 5) is 14.3. The molecule has 22 heavy (non-hydrogen) atoms. The molecule has 1 aromatic rings. The van der Waals surface area contributed by atoms with E-state index in [1.165, 1.54) is 6.92 Å². The molecule has 1 N–H and O–H groups in total. The molecule has 0 bridgehead atoms. The molecule has 1 unspecified atom stereocenters. The van der Waals surface area contributed by atoms with Crippen LogP contribution in [0, 0.1) is 5.92 Å². The molecular formula is C18H27NO3. The summed E-state index contributed by atoms with van der Waals surface area (Å²) in [7, 11) is 0. The Hall–Kier alpha value is -1.55. The van der Waals surface area contributed by atoms with Crippen molar-refractivity contribution >= 4 is 6.09 Å². The predicted molar refractivity (Wildman–Crippen MR) is 86.5 cm³/mol. The minimum atomic E-state index is -1.49. The quantitative estimate of drug-likeness (QED) is 0.905. The molecule has 1 fully saturated rings. The number of benzene rings is 1. The summed E-state index contributed by atoms with van der Waals surface area (Å²) in [6.45, 7) is 7.55. The first-order valence-electron chi connectivity index (χ1n) is 8.35. The van der Waals surface area contributed by atoms with Gasteiger partial charge in [-0.1, -0.05) is 30.3 Å². The summed E-state index contributed by atoms with van der Waals surface area (Å²) in [5, 5.41) is 10.1. The lowest BCUT2D eigenvalue weighted by atomic mass is 9.84. The van der Waals surface area contributed by atoms with Crippen molar-refractivity contribution in [3.63, 3.8) is 0 Å². The molecule has 1 aliphatic rings. The van der Waals surface area contributed by atoms with Crippen molar-refractivity contribution in [2.45, 2.75) is 58.3 Å². The maximum Gasteiger partial charge on any atom is 0.410 e. The van der Waals surface area contributed by atoms with Gasteiger partial charge in [-0.2, -0.15) is 0 Å². The highest BCUT2D eigenvalue weighted by molar-refractivity contribution is 5.69. The smallest absolute Gasteiger partial charge is 0.410 e. The second-order valence-electron chi connectivity index (χ2n) is 6.96. The summed E-state index contributed by atoms with van der Waals surface area (Å²) in [6, 6.07) is 9.58. The third-order valence-corrected chi connectivity index (χ3v) is 4.01. The summed E-state index contributed by atoms with van der Waals surface area (Å²) < 4.78 is 13.4. The lowest BCUT2D eigenvalue weighted by molar-refractivity contribution is -0.00782. The number of carbonyl (C=O) groups is 1. The first-order valence-corrected chi connectivity index (χ1v) is 7.85. The van der Waals surface area contributed by atoms with Crippen LogP contribution in [0.3, 0.4) is 0 Å². The van der Waals surface area contributed by atoms with Crippen molar-refractivity contribution in [2.24, 2.45) is 5.92 Å². The van der Waals surface area contributed by atoms with Crippen molar-refractivity contribution in [1.82, 2.24) is 4.90 Å². The van der Waals surface area contributed by atoms with Crippen LogP contribution in [-0.4, -0.2) is 34.3 Å². The Balaban J connectivity index is 2.25. The highest BCUT2D eigenvalue weighted by atomic mass is 16.6. The third kappa shape index (κ3) is 4.23. The van der Waals surface area contributed by atoms with Gasteiger partial charge in [-0.25, -0.2) is 4.79 Å². The van der Waals surface area contributed by atoms with Crippen LogP contribution in [0.2, 0.25) is 0 Å². The van der Waals surface area contributed by atoms with Crippen LogP contribution in [-0.2, 0) is 4.74 Å². The molecule has 0 aromatic heterocycles. The average molecular weight is 306 g/mol. The first-order chi connectivity index (χ1) is 10.6. The van der Waals surface area contributed by atoms with Crippen molar-refractivity contribution < 1.29 is 16.0 Å². The number of piperidine rings is 1. The van der Waals surface area contributed by atoms with Gasteiger partial charge in [0, 0.05) is 6.54 Å². The zero-order chi connectivity index (χ0) is 17.3. The Morgan fingerprint density at radius 2 is 2.05 bits per heavy atom. The minimum absolute atomic E-state index is 0.175. The number of amides is 1. The Bertz CT molecular complexity index is 533. The van der Waals surface area contributed by atoms with Gasteiger partial charge < -0.3 is 14.7 Å². The number of nitrogens with zero attached hydrogens (tertiary/aromatic N) is 1. The van der Waals surface area contributed by atoms with Gasteiger partial charge in [-0.15, -0.1) is 0 Å². The highest BCUT2D eigenvalue weighted by Crippen LogP contribution is 2.36. The van der Waals surface area contributed by atoms with Gasteiger partial charge in [0.15, 0.2) is 0 Å². The molecule has 1 aromatic carbocycles. The van der Waals surface area contributed by atoms with E-state index < -0.39 is 11.7 Å². The van der Waals surface area contributed by atoms with Crippen LogP contribution >= 0.6 is 0 Å². The third-order valence-electron chi connectivity index (χ3n) is 4.01. The molecule has 4 nitrogen and oxygen atoms in total. The fraction of sp³-hybridized carbons (Fsp3) is 0.611. The lowest BCUT2D eigenvalue weighted by Crippen LogP contribution is -2.45. The van der Waals surface area contributed by atoms with Crippen LogP contribution in [0.25, 0.3) is 0 Å². The molecule has 122 valence electrons. The maximum absolute atomic E-state index is 12.5. The van der Waals surface area contributed by atoms with E-state index in [0.717, 1.165) is 5.56 Å². The summed E-state index contributed by atoms with van der Waals surface area (Å²) in [5.41, 5.74) is 0.461. The summed E-state index contributed by atoms with van der Waals surface area (Å²) in [5.74, 6) is -0.175. The molecule has 0 radical (unpaired) electrons. The zero-order valence-corrected chi connectivity index (χ0v) is 13.9. The van der Waals surface area contributed by atoms with Crippen LogP contribution < -0.4 is 0 Å². The van der Waals surface area contributed by atoms with Gasteiger partial charge in [0.2, 0.25) is 0 Å². The fourth-order valence-corrected chi connectivity index (χ4v) is 2.88. The van der Waals surface area contributed by atoms with E-state index in [4.69, 9.17) is 6.11 Å². The Kier molecular flexibility index (Phi) is 4.67. The van der Waals surface area contributed by atoms with Gasteiger partial charge in [0.05, 0.1) is 13.5 Å². The molecule has 4 heteroatoms. The van der Waals surface area contributed by atoms with Gasteiger partial charge in [-0.05, 0) is 52.0 Å². The van der Waals surface area contributed by atoms with E-state index in [9.17, 15) is 9.90 Å². The highest BCUT2D eigenvalue weighted by Gasteiger charge is 2.36. The van der Waals surface area contributed by atoms with Gasteiger partial charge in [0.25, 0.3) is 0 Å². The van der Waals surface area contributed by atoms with Crippen LogP contribution in [0.1, 0.15) is 53.5 Å². The molecule has 1 saturated heterocycles. The van der Waals surface area contributed by atoms with E-state index in [-0.39, 0.29) is 18.1 Å². The van der Waals surface area contributed by atoms with E-state index in [1.807, 2.05) is 51.1 Å². The van der Waals surface area contributed by atoms with E-state index >= 15 is 0 Å². The Labute approximate surface area is 134 Å². The number of likely N-dealkylation sites (tertiary alicyclic amines) is 1. The normalized spacial score (nSPS) is 26.0. The predicted octanol–water partition coefficient (Wildman–Crippen LogP) is 3.76. The lowest BCUT2D eigenvalue weighted by Gasteiger charge is -2.41. The van der Waals surface area contributed by atoms with Gasteiger partial charge >= 0.3 is 6.09 Å². The maximum atomic E-state index is 12.5. The van der Waals surface area contributed by atoms with Gasteiger partial charge in [0.1, 0.15) is 5.60 Å². The van der Waals surface area contributed by atoms with Crippen molar-refractivity contribution in [3.05, 3.63) is 35.9 Å². The minimum Gasteiger partial charge on any atom is -0.444 e. The van der Waals surface area contributed by atoms with E-state index in [0.29, 0.717) is 19.4 Å². The second kappa shape index (κ2) is 6.69. The molecular weight excluding hydrogens is 278 g/mol. The zero-order valence-electron chi connectivity index (χ0n) is 14.9. The van der Waals surface area contributed by atoms with Gasteiger partial charge in [-0.3, -0.25) is 0 Å². The van der Waals surface area contributed by atoms with Crippen LogP contribution in [0.4, 0.5) is 4.79 Å². The summed E-state index contributed by atoms with van der Waals surface area (Å²) in [6.07, 6.45) is -0.680. The van der Waals surface area contributed by atoms with E-state index in [1.54, 1.807) is 4.90 Å². The monoisotopic (exact) mass is 306 g/mol. The number of hydrogen-bond acceptors (Lipinski definition) is 3.